The summed E-state index contributed by atoms with van der Waals surface area (Å²) in [5.74, 6) is -0.0664. The first-order valence-corrected chi connectivity index (χ1v) is 7.13. The van der Waals surface area contributed by atoms with E-state index in [4.69, 9.17) is 5.73 Å². The van der Waals surface area contributed by atoms with Crippen molar-refractivity contribution in [2.24, 2.45) is 11.1 Å². The van der Waals surface area contributed by atoms with E-state index in [9.17, 15) is 4.79 Å². The number of thiophene rings is 1. The van der Waals surface area contributed by atoms with Crippen LogP contribution in [0.3, 0.4) is 0 Å². The summed E-state index contributed by atoms with van der Waals surface area (Å²) in [4.78, 5) is 14.6. The lowest BCUT2D eigenvalue weighted by Crippen LogP contribution is -2.51. The normalized spacial score (nSPS) is 15.2. The second kappa shape index (κ2) is 5.85. The molecule has 0 aromatic carbocycles. The van der Waals surface area contributed by atoms with E-state index < -0.39 is 6.04 Å². The van der Waals surface area contributed by atoms with Gasteiger partial charge in [-0.15, -0.1) is 11.3 Å². The van der Waals surface area contributed by atoms with Gasteiger partial charge in [0.05, 0.1) is 6.04 Å². The molecule has 0 aliphatic carbocycles. The van der Waals surface area contributed by atoms with Gasteiger partial charge in [0.1, 0.15) is 0 Å². The van der Waals surface area contributed by atoms with Crippen molar-refractivity contribution in [2.45, 2.75) is 53.1 Å². The lowest BCUT2D eigenvalue weighted by molar-refractivity contribution is -0.125. The highest BCUT2D eigenvalue weighted by Gasteiger charge is 2.28. The maximum Gasteiger partial charge on any atom is 0.237 e. The topological polar surface area (TPSA) is 55.1 Å². The van der Waals surface area contributed by atoms with Gasteiger partial charge in [-0.1, -0.05) is 20.8 Å². The first-order chi connectivity index (χ1) is 8.20. The SMILES string of the molecule is Cc1ccc(CC(C)NC(=O)[C@@H](N)C(C)(C)C)s1. The molecular formula is C14H24N2OS. The summed E-state index contributed by atoms with van der Waals surface area (Å²) in [6.45, 7) is 10.0. The third-order valence-corrected chi connectivity index (χ3v) is 3.93. The Labute approximate surface area is 114 Å². The van der Waals surface area contributed by atoms with Crippen LogP contribution in [0.4, 0.5) is 0 Å². The van der Waals surface area contributed by atoms with Crippen molar-refractivity contribution in [2.75, 3.05) is 0 Å². The van der Waals surface area contributed by atoms with Crippen LogP contribution in [-0.2, 0) is 11.2 Å². The maximum absolute atomic E-state index is 12.0. The fourth-order valence-electron chi connectivity index (χ4n) is 1.67. The van der Waals surface area contributed by atoms with Crippen LogP contribution in [0.2, 0.25) is 0 Å². The Kier molecular flexibility index (Phi) is 4.93. The monoisotopic (exact) mass is 268 g/mol. The van der Waals surface area contributed by atoms with Gasteiger partial charge < -0.3 is 11.1 Å². The number of carbonyl (C=O) groups excluding carboxylic acids is 1. The number of hydrogen-bond acceptors (Lipinski definition) is 3. The smallest absolute Gasteiger partial charge is 0.237 e. The van der Waals surface area contributed by atoms with Crippen LogP contribution in [-0.4, -0.2) is 18.0 Å². The van der Waals surface area contributed by atoms with Crippen LogP contribution in [0, 0.1) is 12.3 Å². The van der Waals surface area contributed by atoms with Crippen molar-refractivity contribution in [1.29, 1.82) is 0 Å². The van der Waals surface area contributed by atoms with E-state index in [0.717, 1.165) is 6.42 Å². The van der Waals surface area contributed by atoms with E-state index in [0.29, 0.717) is 0 Å². The van der Waals surface area contributed by atoms with Gasteiger partial charge in [0.2, 0.25) is 5.91 Å². The van der Waals surface area contributed by atoms with E-state index in [2.05, 4.69) is 24.4 Å². The van der Waals surface area contributed by atoms with Crippen molar-refractivity contribution in [3.8, 4) is 0 Å². The Morgan fingerprint density at radius 1 is 1.44 bits per heavy atom. The lowest BCUT2D eigenvalue weighted by Gasteiger charge is -2.27. The highest BCUT2D eigenvalue weighted by molar-refractivity contribution is 7.11. The first kappa shape index (κ1) is 15.2. The number of carbonyl (C=O) groups is 1. The van der Waals surface area contributed by atoms with Gasteiger partial charge in [-0.3, -0.25) is 4.79 Å². The van der Waals surface area contributed by atoms with Crippen LogP contribution in [0.25, 0.3) is 0 Å². The summed E-state index contributed by atoms with van der Waals surface area (Å²) in [7, 11) is 0. The molecule has 102 valence electrons. The molecule has 0 saturated carbocycles. The molecule has 3 N–H and O–H groups in total. The highest BCUT2D eigenvalue weighted by Crippen LogP contribution is 2.19. The number of aryl methyl sites for hydroxylation is 1. The molecule has 1 unspecified atom stereocenters. The van der Waals surface area contributed by atoms with Gasteiger partial charge in [-0.25, -0.2) is 0 Å². The van der Waals surface area contributed by atoms with Gasteiger partial charge in [0.15, 0.2) is 0 Å². The predicted octanol–water partition coefficient (Wildman–Crippen LogP) is 2.48. The van der Waals surface area contributed by atoms with Crippen molar-refractivity contribution >= 4 is 17.2 Å². The van der Waals surface area contributed by atoms with Crippen molar-refractivity contribution in [3.63, 3.8) is 0 Å². The number of hydrogen-bond donors (Lipinski definition) is 2. The van der Waals surface area contributed by atoms with Crippen molar-refractivity contribution < 1.29 is 4.79 Å². The van der Waals surface area contributed by atoms with Gasteiger partial charge in [-0.05, 0) is 31.4 Å². The van der Waals surface area contributed by atoms with E-state index >= 15 is 0 Å². The molecule has 0 saturated heterocycles. The second-order valence-electron chi connectivity index (χ2n) is 5.97. The molecule has 3 nitrogen and oxygen atoms in total. The predicted molar refractivity (Wildman–Crippen MR) is 77.8 cm³/mol. The Morgan fingerprint density at radius 2 is 2.06 bits per heavy atom. The molecule has 1 aromatic heterocycles. The van der Waals surface area contributed by atoms with Crippen molar-refractivity contribution in [1.82, 2.24) is 5.32 Å². The van der Waals surface area contributed by atoms with Gasteiger partial charge in [-0.2, -0.15) is 0 Å². The molecule has 2 atom stereocenters. The Balaban J connectivity index is 2.50. The summed E-state index contributed by atoms with van der Waals surface area (Å²) in [5.41, 5.74) is 5.73. The van der Waals surface area contributed by atoms with E-state index in [1.54, 1.807) is 11.3 Å². The zero-order valence-electron chi connectivity index (χ0n) is 11.9. The number of nitrogens with one attached hydrogen (secondary N) is 1. The van der Waals surface area contributed by atoms with Crippen LogP contribution in [0.1, 0.15) is 37.4 Å². The minimum absolute atomic E-state index is 0.0664. The Bertz CT molecular complexity index is 406. The average molecular weight is 268 g/mol. The minimum Gasteiger partial charge on any atom is -0.352 e. The average Bonchev–Trinajstić information content (AvgIpc) is 2.61. The zero-order chi connectivity index (χ0) is 13.9. The zero-order valence-corrected chi connectivity index (χ0v) is 12.7. The van der Waals surface area contributed by atoms with E-state index in [1.807, 2.05) is 27.7 Å². The summed E-state index contributed by atoms with van der Waals surface area (Å²) in [5, 5.41) is 2.99. The molecule has 1 rings (SSSR count). The van der Waals surface area contributed by atoms with Gasteiger partial charge in [0.25, 0.3) is 0 Å². The second-order valence-corrected chi connectivity index (χ2v) is 7.34. The molecule has 0 aliphatic heterocycles. The summed E-state index contributed by atoms with van der Waals surface area (Å²) in [6, 6.07) is 3.87. The molecule has 1 aromatic rings. The maximum atomic E-state index is 12.0. The quantitative estimate of drug-likeness (QED) is 0.881. The molecule has 4 heteroatoms. The molecule has 18 heavy (non-hydrogen) atoms. The molecule has 0 spiro atoms. The minimum atomic E-state index is -0.468. The Morgan fingerprint density at radius 3 is 2.50 bits per heavy atom. The molecule has 0 fully saturated rings. The van der Waals surface area contributed by atoms with Crippen LogP contribution >= 0.6 is 11.3 Å². The first-order valence-electron chi connectivity index (χ1n) is 6.31. The van der Waals surface area contributed by atoms with Gasteiger partial charge in [0, 0.05) is 22.2 Å². The summed E-state index contributed by atoms with van der Waals surface area (Å²) in [6.07, 6.45) is 0.862. The molecule has 1 amide bonds. The van der Waals surface area contributed by atoms with Crippen LogP contribution in [0.5, 0.6) is 0 Å². The number of rotatable bonds is 4. The molecule has 0 radical (unpaired) electrons. The molecule has 1 heterocycles. The lowest BCUT2D eigenvalue weighted by atomic mass is 9.87. The standard InChI is InChI=1S/C14H24N2OS/c1-9(8-11-7-6-10(2)18-11)16-13(17)12(15)14(3,4)5/h6-7,9,12H,8,15H2,1-5H3,(H,16,17)/t9?,12-/m1/s1. The molecule has 0 aliphatic rings. The third-order valence-electron chi connectivity index (χ3n) is 2.91. The van der Waals surface area contributed by atoms with E-state index in [-0.39, 0.29) is 17.4 Å². The molecule has 0 bridgehead atoms. The number of amides is 1. The largest absolute Gasteiger partial charge is 0.352 e. The highest BCUT2D eigenvalue weighted by atomic mass is 32.1. The van der Waals surface area contributed by atoms with Gasteiger partial charge >= 0.3 is 0 Å². The number of nitrogens with two attached hydrogens (primary N) is 1. The van der Waals surface area contributed by atoms with Crippen LogP contribution in [0.15, 0.2) is 12.1 Å². The fourth-order valence-corrected chi connectivity index (χ4v) is 2.69. The Hall–Kier alpha value is -0.870. The third kappa shape index (κ3) is 4.42. The van der Waals surface area contributed by atoms with Crippen molar-refractivity contribution in [3.05, 3.63) is 21.9 Å². The molecular weight excluding hydrogens is 244 g/mol. The van der Waals surface area contributed by atoms with E-state index in [1.165, 1.54) is 9.75 Å². The summed E-state index contributed by atoms with van der Waals surface area (Å²) < 4.78 is 0. The summed E-state index contributed by atoms with van der Waals surface area (Å²) >= 11 is 1.77. The fraction of sp³-hybridized carbons (Fsp3) is 0.643. The van der Waals surface area contributed by atoms with Crippen LogP contribution < -0.4 is 11.1 Å².